The molecule has 0 saturated heterocycles. The summed E-state index contributed by atoms with van der Waals surface area (Å²) in [6.45, 7) is 2.42. The number of esters is 1. The predicted molar refractivity (Wildman–Crippen MR) is 80.5 cm³/mol. The van der Waals surface area contributed by atoms with Crippen LogP contribution in [0.5, 0.6) is 0 Å². The molecule has 0 aliphatic rings. The van der Waals surface area contributed by atoms with Gasteiger partial charge in [-0.25, -0.2) is 13.1 Å². The number of sulfonamides is 1. The highest BCUT2D eigenvalue weighted by Gasteiger charge is 2.17. The van der Waals surface area contributed by atoms with Crippen molar-refractivity contribution in [3.8, 4) is 0 Å². The molecule has 1 unspecified atom stereocenters. The third kappa shape index (κ3) is 5.82. The number of methoxy groups -OCH3 is 1. The third-order valence-electron chi connectivity index (χ3n) is 2.81. The molecular formula is C14H22N2O4S. The molecule has 1 aromatic rings. The van der Waals surface area contributed by atoms with E-state index in [-0.39, 0.29) is 23.3 Å². The summed E-state index contributed by atoms with van der Waals surface area (Å²) >= 11 is 0. The molecule has 1 N–H and O–H groups in total. The minimum absolute atomic E-state index is 0.126. The van der Waals surface area contributed by atoms with Gasteiger partial charge in [0.1, 0.15) is 0 Å². The Morgan fingerprint density at radius 2 is 1.86 bits per heavy atom. The summed E-state index contributed by atoms with van der Waals surface area (Å²) in [5.41, 5.74) is 0.710. The van der Waals surface area contributed by atoms with E-state index in [9.17, 15) is 13.2 Å². The van der Waals surface area contributed by atoms with Gasteiger partial charge >= 0.3 is 5.97 Å². The van der Waals surface area contributed by atoms with Crippen LogP contribution in [0.2, 0.25) is 0 Å². The van der Waals surface area contributed by atoms with Crippen molar-refractivity contribution >= 4 is 16.0 Å². The fourth-order valence-corrected chi connectivity index (χ4v) is 3.18. The van der Waals surface area contributed by atoms with E-state index in [2.05, 4.69) is 9.46 Å². The normalized spacial score (nSPS) is 13.2. The maximum Gasteiger partial charge on any atom is 0.309 e. The van der Waals surface area contributed by atoms with Gasteiger partial charge in [0, 0.05) is 12.6 Å². The first-order valence-corrected chi connectivity index (χ1v) is 8.05. The van der Waals surface area contributed by atoms with Gasteiger partial charge in [0.2, 0.25) is 10.0 Å². The molecule has 0 aliphatic heterocycles. The lowest BCUT2D eigenvalue weighted by Crippen LogP contribution is -2.39. The summed E-state index contributed by atoms with van der Waals surface area (Å²) in [5.74, 6) is -0.358. The zero-order chi connectivity index (χ0) is 16.0. The van der Waals surface area contributed by atoms with Crippen LogP contribution >= 0.6 is 0 Å². The van der Waals surface area contributed by atoms with E-state index in [1.165, 1.54) is 19.2 Å². The highest BCUT2D eigenvalue weighted by molar-refractivity contribution is 7.89. The van der Waals surface area contributed by atoms with Crippen LogP contribution in [-0.4, -0.2) is 53.1 Å². The Morgan fingerprint density at radius 3 is 2.33 bits per heavy atom. The van der Waals surface area contributed by atoms with E-state index in [1.54, 1.807) is 12.1 Å². The number of carbonyl (C=O) groups excluding carboxylic acids is 1. The fourth-order valence-electron chi connectivity index (χ4n) is 1.94. The molecule has 7 heteroatoms. The smallest absolute Gasteiger partial charge is 0.309 e. The van der Waals surface area contributed by atoms with E-state index < -0.39 is 10.0 Å². The van der Waals surface area contributed by atoms with E-state index >= 15 is 0 Å². The minimum atomic E-state index is -3.55. The predicted octanol–water partition coefficient (Wildman–Crippen LogP) is 0.631. The fraction of sp³-hybridized carbons (Fsp3) is 0.500. The number of nitrogens with one attached hydrogen (secondary N) is 1. The SMILES string of the molecule is COC(=O)Cc1ccc(S(=O)(=O)NC(C)CN(C)C)cc1. The van der Waals surface area contributed by atoms with Gasteiger partial charge in [0.25, 0.3) is 0 Å². The van der Waals surface area contributed by atoms with Crippen molar-refractivity contribution in [3.05, 3.63) is 29.8 Å². The first-order chi connectivity index (χ1) is 9.74. The lowest BCUT2D eigenvalue weighted by molar-refractivity contribution is -0.139. The first-order valence-electron chi connectivity index (χ1n) is 6.57. The van der Waals surface area contributed by atoms with E-state index in [4.69, 9.17) is 0 Å². The summed E-state index contributed by atoms with van der Waals surface area (Å²) in [5, 5.41) is 0. The number of ether oxygens (including phenoxy) is 1. The van der Waals surface area contributed by atoms with Gasteiger partial charge in [0.15, 0.2) is 0 Å². The number of carbonyl (C=O) groups is 1. The summed E-state index contributed by atoms with van der Waals surface area (Å²) in [6, 6.07) is 6.01. The molecule has 0 saturated carbocycles. The van der Waals surface area contributed by atoms with Gasteiger partial charge in [0.05, 0.1) is 18.4 Å². The van der Waals surface area contributed by atoms with Gasteiger partial charge in [-0.3, -0.25) is 4.79 Å². The molecule has 0 spiro atoms. The van der Waals surface area contributed by atoms with Crippen molar-refractivity contribution < 1.29 is 17.9 Å². The van der Waals surface area contributed by atoms with Gasteiger partial charge in [-0.15, -0.1) is 0 Å². The van der Waals surface area contributed by atoms with E-state index in [0.29, 0.717) is 12.1 Å². The largest absolute Gasteiger partial charge is 0.469 e. The number of nitrogens with zero attached hydrogens (tertiary/aromatic N) is 1. The molecule has 0 fully saturated rings. The highest BCUT2D eigenvalue weighted by atomic mass is 32.2. The molecule has 0 amide bonds. The standard InChI is InChI=1S/C14H22N2O4S/c1-11(10-16(2)3)15-21(18,19)13-7-5-12(6-8-13)9-14(17)20-4/h5-8,11,15H,9-10H2,1-4H3. The molecular weight excluding hydrogens is 292 g/mol. The van der Waals surface area contributed by atoms with Gasteiger partial charge in [-0.1, -0.05) is 12.1 Å². The molecule has 1 aromatic carbocycles. The molecule has 0 bridgehead atoms. The summed E-state index contributed by atoms with van der Waals surface area (Å²) in [6.07, 6.45) is 0.126. The van der Waals surface area contributed by atoms with Gasteiger partial charge in [-0.2, -0.15) is 0 Å². The number of likely N-dealkylation sites (N-methyl/N-ethyl adjacent to an activating group) is 1. The lowest BCUT2D eigenvalue weighted by Gasteiger charge is -2.18. The number of hydrogen-bond acceptors (Lipinski definition) is 5. The van der Waals surface area contributed by atoms with Crippen molar-refractivity contribution in [1.82, 2.24) is 9.62 Å². The topological polar surface area (TPSA) is 75.7 Å². The molecule has 0 radical (unpaired) electrons. The van der Waals surface area contributed by atoms with E-state index in [1.807, 2.05) is 25.9 Å². The monoisotopic (exact) mass is 314 g/mol. The van der Waals surface area contributed by atoms with Crippen LogP contribution in [0.1, 0.15) is 12.5 Å². The summed E-state index contributed by atoms with van der Waals surface area (Å²) < 4.78 is 31.6. The third-order valence-corrected chi connectivity index (χ3v) is 4.41. The second-order valence-electron chi connectivity index (χ2n) is 5.18. The average molecular weight is 314 g/mol. The van der Waals surface area contributed by atoms with Crippen molar-refractivity contribution in [2.24, 2.45) is 0 Å². The molecule has 1 atom stereocenters. The second-order valence-corrected chi connectivity index (χ2v) is 6.90. The van der Waals surface area contributed by atoms with Crippen LogP contribution in [-0.2, 0) is 26.0 Å². The van der Waals surface area contributed by atoms with Crippen LogP contribution in [0.4, 0.5) is 0 Å². The quantitative estimate of drug-likeness (QED) is 0.747. The number of benzene rings is 1. The van der Waals surface area contributed by atoms with Crippen LogP contribution < -0.4 is 4.72 Å². The first kappa shape index (κ1) is 17.6. The van der Waals surface area contributed by atoms with Gasteiger partial charge in [-0.05, 0) is 38.7 Å². The lowest BCUT2D eigenvalue weighted by atomic mass is 10.2. The molecule has 6 nitrogen and oxygen atoms in total. The van der Waals surface area contributed by atoms with Crippen molar-refractivity contribution in [1.29, 1.82) is 0 Å². The summed E-state index contributed by atoms with van der Waals surface area (Å²) in [4.78, 5) is 13.2. The molecule has 118 valence electrons. The summed E-state index contributed by atoms with van der Waals surface area (Å²) in [7, 11) is 1.53. The molecule has 0 aromatic heterocycles. The molecule has 0 heterocycles. The number of rotatable bonds is 7. The van der Waals surface area contributed by atoms with Crippen molar-refractivity contribution in [2.75, 3.05) is 27.7 Å². The maximum absolute atomic E-state index is 12.2. The Morgan fingerprint density at radius 1 is 1.29 bits per heavy atom. The Kier molecular flexibility index (Phi) is 6.32. The van der Waals surface area contributed by atoms with Crippen LogP contribution in [0.3, 0.4) is 0 Å². The molecule has 21 heavy (non-hydrogen) atoms. The highest BCUT2D eigenvalue weighted by Crippen LogP contribution is 2.12. The van der Waals surface area contributed by atoms with Crippen molar-refractivity contribution in [3.63, 3.8) is 0 Å². The minimum Gasteiger partial charge on any atom is -0.469 e. The van der Waals surface area contributed by atoms with Crippen LogP contribution in [0.25, 0.3) is 0 Å². The maximum atomic E-state index is 12.2. The Hall–Kier alpha value is -1.44. The number of hydrogen-bond donors (Lipinski definition) is 1. The second kappa shape index (κ2) is 7.53. The zero-order valence-corrected chi connectivity index (χ0v) is 13.6. The Balaban J connectivity index is 2.78. The Bertz CT molecular complexity index is 567. The van der Waals surface area contributed by atoms with Crippen LogP contribution in [0, 0.1) is 0 Å². The average Bonchev–Trinajstić information content (AvgIpc) is 2.37. The van der Waals surface area contributed by atoms with Crippen molar-refractivity contribution in [2.45, 2.75) is 24.3 Å². The molecule has 1 rings (SSSR count). The van der Waals surface area contributed by atoms with Gasteiger partial charge < -0.3 is 9.64 Å². The zero-order valence-electron chi connectivity index (χ0n) is 12.8. The Labute approximate surface area is 126 Å². The van der Waals surface area contributed by atoms with Crippen LogP contribution in [0.15, 0.2) is 29.2 Å². The van der Waals surface area contributed by atoms with E-state index in [0.717, 1.165) is 0 Å². The molecule has 0 aliphatic carbocycles.